The lowest BCUT2D eigenvalue weighted by atomic mass is 10.2. The molecule has 106 valence electrons. The van der Waals surface area contributed by atoms with Crippen LogP contribution in [0.3, 0.4) is 0 Å². The molecule has 0 bridgehead atoms. The third-order valence-corrected chi connectivity index (χ3v) is 3.68. The zero-order valence-electron chi connectivity index (χ0n) is 11.6. The van der Waals surface area contributed by atoms with E-state index in [9.17, 15) is 0 Å². The molecule has 1 N–H and O–H groups in total. The van der Waals surface area contributed by atoms with E-state index < -0.39 is 0 Å². The maximum atomic E-state index is 6.29. The second kappa shape index (κ2) is 7.04. The lowest BCUT2D eigenvalue weighted by Crippen LogP contribution is -2.05. The first-order valence-corrected chi connectivity index (χ1v) is 7.88. The topological polar surface area (TPSA) is 37.8 Å². The maximum Gasteiger partial charge on any atom is 0.163 e. The van der Waals surface area contributed by atoms with E-state index in [1.165, 1.54) is 0 Å². The van der Waals surface area contributed by atoms with Crippen LogP contribution in [0.15, 0.2) is 28.7 Å². The molecule has 0 unspecified atom stereocenters. The normalized spacial score (nSPS) is 10.6. The van der Waals surface area contributed by atoms with Crippen molar-refractivity contribution in [1.82, 2.24) is 9.97 Å². The fraction of sp³-hybridized carbons (Fsp3) is 0.333. The van der Waals surface area contributed by atoms with Crippen LogP contribution in [-0.2, 0) is 6.42 Å². The summed E-state index contributed by atoms with van der Waals surface area (Å²) < 4.78 is 0.947. The summed E-state index contributed by atoms with van der Waals surface area (Å²) in [5, 5.41) is 3.95. The van der Waals surface area contributed by atoms with Crippen LogP contribution in [0, 0.1) is 0 Å². The van der Waals surface area contributed by atoms with Crippen LogP contribution in [-0.4, -0.2) is 16.5 Å². The summed E-state index contributed by atoms with van der Waals surface area (Å²) in [5.41, 5.74) is 1.86. The van der Waals surface area contributed by atoms with Gasteiger partial charge in [0, 0.05) is 28.3 Å². The molecule has 5 heteroatoms. The van der Waals surface area contributed by atoms with Crippen molar-refractivity contribution in [3.8, 4) is 11.4 Å². The van der Waals surface area contributed by atoms with Gasteiger partial charge in [0.1, 0.15) is 5.82 Å². The Balaban J connectivity index is 2.44. The summed E-state index contributed by atoms with van der Waals surface area (Å²) >= 11 is 9.69. The molecule has 0 spiro atoms. The quantitative estimate of drug-likeness (QED) is 0.826. The molecule has 2 rings (SSSR count). The van der Waals surface area contributed by atoms with Crippen molar-refractivity contribution < 1.29 is 0 Å². The Morgan fingerprint density at radius 3 is 2.65 bits per heavy atom. The summed E-state index contributed by atoms with van der Waals surface area (Å²) in [7, 11) is 0. The number of nitrogens with zero attached hydrogens (tertiary/aromatic N) is 2. The zero-order chi connectivity index (χ0) is 14.5. The highest BCUT2D eigenvalue weighted by molar-refractivity contribution is 9.10. The molecule has 0 amide bonds. The number of nitrogens with one attached hydrogen (secondary N) is 1. The number of halogens is 2. The highest BCUT2D eigenvalue weighted by Crippen LogP contribution is 2.29. The van der Waals surface area contributed by atoms with Crippen molar-refractivity contribution in [1.29, 1.82) is 0 Å². The molecule has 20 heavy (non-hydrogen) atoms. The maximum absolute atomic E-state index is 6.29. The first-order chi connectivity index (χ1) is 9.63. The monoisotopic (exact) mass is 353 g/mol. The molecule has 3 nitrogen and oxygen atoms in total. The molecule has 0 fully saturated rings. The van der Waals surface area contributed by atoms with E-state index in [4.69, 9.17) is 11.6 Å². The first kappa shape index (κ1) is 15.3. The summed E-state index contributed by atoms with van der Waals surface area (Å²) in [6.07, 6.45) is 1.92. The van der Waals surface area contributed by atoms with Gasteiger partial charge in [0.05, 0.1) is 5.02 Å². The van der Waals surface area contributed by atoms with Crippen molar-refractivity contribution in [2.45, 2.75) is 26.7 Å². The van der Waals surface area contributed by atoms with E-state index in [-0.39, 0.29) is 0 Å². The van der Waals surface area contributed by atoms with Gasteiger partial charge < -0.3 is 5.32 Å². The van der Waals surface area contributed by atoms with E-state index in [1.807, 2.05) is 24.3 Å². The standard InChI is InChI=1S/C15H17BrClN3/c1-3-7-18-14-9-11(4-2)19-15(20-14)12-6-5-10(16)8-13(12)17/h5-6,8-9H,3-4,7H2,1-2H3,(H,18,19,20). The second-order valence-electron chi connectivity index (χ2n) is 4.47. The van der Waals surface area contributed by atoms with Crippen LogP contribution >= 0.6 is 27.5 Å². The number of hydrogen-bond acceptors (Lipinski definition) is 3. The Morgan fingerprint density at radius 1 is 1.20 bits per heavy atom. The summed E-state index contributed by atoms with van der Waals surface area (Å²) in [6.45, 7) is 5.11. The number of aryl methyl sites for hydroxylation is 1. The largest absolute Gasteiger partial charge is 0.370 e. The van der Waals surface area contributed by atoms with Gasteiger partial charge in [-0.15, -0.1) is 0 Å². The number of anilines is 1. The van der Waals surface area contributed by atoms with Gasteiger partial charge in [-0.2, -0.15) is 0 Å². The Morgan fingerprint density at radius 2 is 2.00 bits per heavy atom. The molecular formula is C15H17BrClN3. The van der Waals surface area contributed by atoms with Crippen LogP contribution in [0.2, 0.25) is 5.02 Å². The minimum absolute atomic E-state index is 0.647. The zero-order valence-corrected chi connectivity index (χ0v) is 13.9. The molecular weight excluding hydrogens is 338 g/mol. The summed E-state index contributed by atoms with van der Waals surface area (Å²) in [5.74, 6) is 1.52. The van der Waals surface area contributed by atoms with Crippen LogP contribution in [0.5, 0.6) is 0 Å². The number of rotatable bonds is 5. The van der Waals surface area contributed by atoms with E-state index in [0.29, 0.717) is 10.8 Å². The van der Waals surface area contributed by atoms with Gasteiger partial charge in [0.15, 0.2) is 5.82 Å². The average molecular weight is 355 g/mol. The fourth-order valence-electron chi connectivity index (χ4n) is 1.81. The molecule has 0 aliphatic heterocycles. The predicted molar refractivity (Wildman–Crippen MR) is 88.3 cm³/mol. The SMILES string of the molecule is CCCNc1cc(CC)nc(-c2ccc(Br)cc2Cl)n1. The second-order valence-corrected chi connectivity index (χ2v) is 5.80. The Kier molecular flexibility index (Phi) is 5.38. The molecule has 2 aromatic rings. The Labute approximate surface area is 132 Å². The van der Waals surface area contributed by atoms with Crippen LogP contribution in [0.1, 0.15) is 26.0 Å². The van der Waals surface area contributed by atoms with Crippen molar-refractivity contribution in [3.63, 3.8) is 0 Å². The van der Waals surface area contributed by atoms with Crippen LogP contribution in [0.25, 0.3) is 11.4 Å². The molecule has 0 radical (unpaired) electrons. The van der Waals surface area contributed by atoms with E-state index in [0.717, 1.165) is 40.9 Å². The van der Waals surface area contributed by atoms with Gasteiger partial charge in [-0.1, -0.05) is 41.4 Å². The molecule has 0 saturated heterocycles. The third kappa shape index (κ3) is 3.70. The van der Waals surface area contributed by atoms with Gasteiger partial charge >= 0.3 is 0 Å². The molecule has 1 aromatic carbocycles. The number of hydrogen-bond donors (Lipinski definition) is 1. The smallest absolute Gasteiger partial charge is 0.163 e. The van der Waals surface area contributed by atoms with Crippen molar-refractivity contribution >= 4 is 33.3 Å². The summed E-state index contributed by atoms with van der Waals surface area (Å²) in [4.78, 5) is 9.13. The van der Waals surface area contributed by atoms with Crippen molar-refractivity contribution in [2.24, 2.45) is 0 Å². The molecule has 0 aliphatic carbocycles. The fourth-order valence-corrected chi connectivity index (χ4v) is 2.57. The van der Waals surface area contributed by atoms with Crippen LogP contribution in [0.4, 0.5) is 5.82 Å². The van der Waals surface area contributed by atoms with E-state index in [2.05, 4.69) is 45.1 Å². The van der Waals surface area contributed by atoms with Crippen molar-refractivity contribution in [3.05, 3.63) is 39.5 Å². The minimum atomic E-state index is 0.647. The third-order valence-electron chi connectivity index (χ3n) is 2.87. The highest BCUT2D eigenvalue weighted by atomic mass is 79.9. The molecule has 0 aliphatic rings. The lowest BCUT2D eigenvalue weighted by molar-refractivity contribution is 0.951. The number of aromatic nitrogens is 2. The Bertz CT molecular complexity index is 602. The van der Waals surface area contributed by atoms with E-state index >= 15 is 0 Å². The van der Waals surface area contributed by atoms with Gasteiger partial charge in [-0.25, -0.2) is 9.97 Å². The van der Waals surface area contributed by atoms with E-state index in [1.54, 1.807) is 0 Å². The van der Waals surface area contributed by atoms with Gasteiger partial charge in [0.25, 0.3) is 0 Å². The molecule has 1 aromatic heterocycles. The lowest BCUT2D eigenvalue weighted by Gasteiger charge is -2.10. The van der Waals surface area contributed by atoms with Crippen LogP contribution < -0.4 is 5.32 Å². The van der Waals surface area contributed by atoms with Crippen molar-refractivity contribution in [2.75, 3.05) is 11.9 Å². The molecule has 1 heterocycles. The molecule has 0 atom stereocenters. The average Bonchev–Trinajstić information content (AvgIpc) is 2.44. The number of benzene rings is 1. The Hall–Kier alpha value is -1.13. The van der Waals surface area contributed by atoms with Gasteiger partial charge in [0.2, 0.25) is 0 Å². The first-order valence-electron chi connectivity index (χ1n) is 6.71. The minimum Gasteiger partial charge on any atom is -0.370 e. The highest BCUT2D eigenvalue weighted by Gasteiger charge is 2.10. The molecule has 0 saturated carbocycles. The van der Waals surface area contributed by atoms with Gasteiger partial charge in [-0.05, 0) is 31.0 Å². The summed E-state index contributed by atoms with van der Waals surface area (Å²) in [6, 6.07) is 7.73. The van der Waals surface area contributed by atoms with Gasteiger partial charge in [-0.3, -0.25) is 0 Å². The predicted octanol–water partition coefficient (Wildman–Crippen LogP) is 4.94.